The molecular formula is C23H20ClN5O3. The molecule has 1 N–H and O–H groups in total. The van der Waals surface area contributed by atoms with Gasteiger partial charge in [0.05, 0.1) is 21.2 Å². The van der Waals surface area contributed by atoms with Gasteiger partial charge in [-0.2, -0.15) is 4.80 Å². The molecule has 8 nitrogen and oxygen atoms in total. The molecule has 0 bridgehead atoms. The Morgan fingerprint density at radius 3 is 2.34 bits per heavy atom. The molecule has 4 aromatic rings. The van der Waals surface area contributed by atoms with Crippen molar-refractivity contribution < 1.29 is 9.72 Å². The number of nitro groups is 1. The van der Waals surface area contributed by atoms with E-state index in [-0.39, 0.29) is 16.3 Å². The molecule has 9 heteroatoms. The first-order valence-corrected chi connectivity index (χ1v) is 10.3. The minimum absolute atomic E-state index is 0.0225. The van der Waals surface area contributed by atoms with E-state index in [0.717, 1.165) is 17.3 Å². The fourth-order valence-corrected chi connectivity index (χ4v) is 3.50. The highest BCUT2D eigenvalue weighted by atomic mass is 35.5. The van der Waals surface area contributed by atoms with Gasteiger partial charge in [-0.3, -0.25) is 14.9 Å². The Labute approximate surface area is 189 Å². The van der Waals surface area contributed by atoms with Gasteiger partial charge in [-0.05, 0) is 54.3 Å². The predicted molar refractivity (Wildman–Crippen MR) is 124 cm³/mol. The van der Waals surface area contributed by atoms with Crippen LogP contribution in [0.4, 0.5) is 11.4 Å². The van der Waals surface area contributed by atoms with Gasteiger partial charge < -0.3 is 5.32 Å². The number of hydrogen-bond donors (Lipinski definition) is 1. The number of halogens is 1. The summed E-state index contributed by atoms with van der Waals surface area (Å²) in [6.45, 7) is 6.10. The number of anilines is 1. The number of aryl methyl sites for hydroxylation is 1. The van der Waals surface area contributed by atoms with Gasteiger partial charge in [0.25, 0.3) is 11.6 Å². The molecule has 0 aliphatic heterocycles. The first-order chi connectivity index (χ1) is 15.2. The Hall–Kier alpha value is -3.78. The van der Waals surface area contributed by atoms with E-state index in [9.17, 15) is 14.9 Å². The van der Waals surface area contributed by atoms with Crippen molar-refractivity contribution in [3.8, 4) is 5.69 Å². The molecule has 0 aliphatic carbocycles. The van der Waals surface area contributed by atoms with Crippen LogP contribution in [0.1, 0.15) is 41.3 Å². The zero-order valence-electron chi connectivity index (χ0n) is 17.7. The Bertz CT molecular complexity index is 1350. The van der Waals surface area contributed by atoms with Gasteiger partial charge in [0.15, 0.2) is 0 Å². The molecule has 1 heterocycles. The molecule has 0 atom stereocenters. The zero-order valence-corrected chi connectivity index (χ0v) is 18.4. The van der Waals surface area contributed by atoms with Crippen LogP contribution in [0.15, 0.2) is 54.6 Å². The summed E-state index contributed by atoms with van der Waals surface area (Å²) in [5.74, 6) is -0.111. The molecule has 0 unspecified atom stereocenters. The molecule has 162 valence electrons. The van der Waals surface area contributed by atoms with Crippen LogP contribution >= 0.6 is 11.6 Å². The standard InChI is InChI=1S/C23H20ClN5O3/c1-13(2)15-4-6-16(7-5-15)28-26-21-10-14(3)20(12-22(21)27-28)25-23(30)18-11-17(29(31)32)8-9-19(18)24/h4-13H,1-3H3,(H,25,30). The minimum Gasteiger partial charge on any atom is -0.322 e. The van der Waals surface area contributed by atoms with E-state index in [1.54, 1.807) is 10.9 Å². The molecular weight excluding hydrogens is 430 g/mol. The van der Waals surface area contributed by atoms with Crippen LogP contribution in [0.3, 0.4) is 0 Å². The van der Waals surface area contributed by atoms with Crippen molar-refractivity contribution in [2.75, 3.05) is 5.32 Å². The molecule has 0 radical (unpaired) electrons. The lowest BCUT2D eigenvalue weighted by atomic mass is 10.0. The van der Waals surface area contributed by atoms with E-state index in [2.05, 4.69) is 29.4 Å². The van der Waals surface area contributed by atoms with Gasteiger partial charge in [-0.25, -0.2) is 0 Å². The van der Waals surface area contributed by atoms with Gasteiger partial charge in [0.1, 0.15) is 11.0 Å². The summed E-state index contributed by atoms with van der Waals surface area (Å²) >= 11 is 6.09. The van der Waals surface area contributed by atoms with E-state index in [0.29, 0.717) is 22.6 Å². The van der Waals surface area contributed by atoms with Crippen molar-refractivity contribution in [2.45, 2.75) is 26.7 Å². The number of benzene rings is 3. The molecule has 1 amide bonds. The molecule has 4 rings (SSSR count). The summed E-state index contributed by atoms with van der Waals surface area (Å²) < 4.78 is 0. The van der Waals surface area contributed by atoms with Crippen LogP contribution in [-0.2, 0) is 0 Å². The number of rotatable bonds is 5. The summed E-state index contributed by atoms with van der Waals surface area (Å²) in [5.41, 5.74) is 4.45. The van der Waals surface area contributed by atoms with Crippen molar-refractivity contribution >= 4 is 39.9 Å². The molecule has 0 fully saturated rings. The summed E-state index contributed by atoms with van der Waals surface area (Å²) in [6, 6.07) is 15.3. The van der Waals surface area contributed by atoms with E-state index in [1.165, 1.54) is 17.7 Å². The normalized spacial score (nSPS) is 11.2. The number of carbonyl (C=O) groups excluding carboxylic acids is 1. The Morgan fingerprint density at radius 2 is 1.72 bits per heavy atom. The van der Waals surface area contributed by atoms with Crippen LogP contribution in [-0.4, -0.2) is 25.8 Å². The summed E-state index contributed by atoms with van der Waals surface area (Å²) in [6.07, 6.45) is 0. The monoisotopic (exact) mass is 449 g/mol. The number of nitrogens with one attached hydrogen (secondary N) is 1. The maximum Gasteiger partial charge on any atom is 0.270 e. The van der Waals surface area contributed by atoms with Crippen molar-refractivity contribution in [3.63, 3.8) is 0 Å². The van der Waals surface area contributed by atoms with Gasteiger partial charge in [0, 0.05) is 17.8 Å². The van der Waals surface area contributed by atoms with Crippen molar-refractivity contribution in [1.29, 1.82) is 0 Å². The first-order valence-electron chi connectivity index (χ1n) is 9.96. The summed E-state index contributed by atoms with van der Waals surface area (Å²) in [5, 5.41) is 23.0. The predicted octanol–water partition coefficient (Wildman–Crippen LogP) is 5.67. The number of non-ortho nitro benzene ring substituents is 1. The van der Waals surface area contributed by atoms with Crippen LogP contribution in [0.2, 0.25) is 5.02 Å². The van der Waals surface area contributed by atoms with Crippen molar-refractivity contribution in [1.82, 2.24) is 15.0 Å². The van der Waals surface area contributed by atoms with Gasteiger partial charge in [-0.1, -0.05) is 37.6 Å². The van der Waals surface area contributed by atoms with Crippen molar-refractivity contribution in [3.05, 3.63) is 86.4 Å². The zero-order chi connectivity index (χ0) is 23.0. The largest absolute Gasteiger partial charge is 0.322 e. The Morgan fingerprint density at radius 1 is 1.06 bits per heavy atom. The van der Waals surface area contributed by atoms with Crippen LogP contribution in [0.25, 0.3) is 16.7 Å². The first kappa shape index (κ1) is 21.5. The van der Waals surface area contributed by atoms with Gasteiger partial charge >= 0.3 is 0 Å². The van der Waals surface area contributed by atoms with Crippen molar-refractivity contribution in [2.24, 2.45) is 0 Å². The highest BCUT2D eigenvalue weighted by Gasteiger charge is 2.17. The summed E-state index contributed by atoms with van der Waals surface area (Å²) in [4.78, 5) is 24.8. The molecule has 0 aliphatic rings. The molecule has 0 saturated carbocycles. The highest BCUT2D eigenvalue weighted by Crippen LogP contribution is 2.26. The van der Waals surface area contributed by atoms with Gasteiger partial charge in [-0.15, -0.1) is 10.2 Å². The molecule has 32 heavy (non-hydrogen) atoms. The quantitative estimate of drug-likeness (QED) is 0.312. The van der Waals surface area contributed by atoms with Crippen LogP contribution in [0.5, 0.6) is 0 Å². The topological polar surface area (TPSA) is 103 Å². The smallest absolute Gasteiger partial charge is 0.270 e. The molecule has 3 aromatic carbocycles. The average molecular weight is 450 g/mol. The third-order valence-corrected chi connectivity index (χ3v) is 5.50. The molecule has 0 saturated heterocycles. The third kappa shape index (κ3) is 4.17. The maximum atomic E-state index is 12.8. The maximum absolute atomic E-state index is 12.8. The van der Waals surface area contributed by atoms with E-state index in [4.69, 9.17) is 11.6 Å². The van der Waals surface area contributed by atoms with E-state index < -0.39 is 10.8 Å². The number of nitro benzene ring substituents is 1. The lowest BCUT2D eigenvalue weighted by molar-refractivity contribution is -0.384. The molecule has 0 spiro atoms. The lowest BCUT2D eigenvalue weighted by Crippen LogP contribution is -2.13. The molecule has 1 aromatic heterocycles. The minimum atomic E-state index is -0.573. The third-order valence-electron chi connectivity index (χ3n) is 5.17. The van der Waals surface area contributed by atoms with Crippen LogP contribution < -0.4 is 5.32 Å². The van der Waals surface area contributed by atoms with Gasteiger partial charge in [0.2, 0.25) is 0 Å². The highest BCUT2D eigenvalue weighted by molar-refractivity contribution is 6.34. The number of aromatic nitrogens is 3. The SMILES string of the molecule is Cc1cc2nn(-c3ccc(C(C)C)cc3)nc2cc1NC(=O)c1cc([N+](=O)[O-])ccc1Cl. The second-order valence-corrected chi connectivity index (χ2v) is 8.17. The number of nitrogens with zero attached hydrogens (tertiary/aromatic N) is 4. The second-order valence-electron chi connectivity index (χ2n) is 7.77. The second kappa shape index (κ2) is 8.39. The number of hydrogen-bond acceptors (Lipinski definition) is 5. The van der Waals surface area contributed by atoms with Crippen LogP contribution in [0, 0.1) is 17.0 Å². The lowest BCUT2D eigenvalue weighted by Gasteiger charge is -2.09. The van der Waals surface area contributed by atoms with E-state index >= 15 is 0 Å². The average Bonchev–Trinajstić information content (AvgIpc) is 3.16. The Kier molecular flexibility index (Phi) is 5.63. The fourth-order valence-electron chi connectivity index (χ4n) is 3.30. The number of carbonyl (C=O) groups is 1. The van der Waals surface area contributed by atoms with E-state index in [1.807, 2.05) is 37.3 Å². The number of fused-ring (bicyclic) bond motifs is 1. The fraction of sp³-hybridized carbons (Fsp3) is 0.174. The Balaban J connectivity index is 1.64. The number of amides is 1. The summed E-state index contributed by atoms with van der Waals surface area (Å²) in [7, 11) is 0.